The summed E-state index contributed by atoms with van der Waals surface area (Å²) in [7, 11) is 0. The third-order valence-electron chi connectivity index (χ3n) is 1.16. The average molecular weight is 154 g/mol. The predicted molar refractivity (Wildman–Crippen MR) is 54.8 cm³/mol. The molecule has 0 saturated heterocycles. The van der Waals surface area contributed by atoms with E-state index in [-0.39, 0.29) is 0 Å². The molecule has 0 aliphatic heterocycles. The molecular formula is C11H22. The summed E-state index contributed by atoms with van der Waals surface area (Å²) in [6.07, 6.45) is 8.74. The van der Waals surface area contributed by atoms with Crippen LogP contribution in [0.1, 0.15) is 47.5 Å². The zero-order chi connectivity index (χ0) is 9.11. The van der Waals surface area contributed by atoms with E-state index in [0.29, 0.717) is 0 Å². The molecule has 0 atom stereocenters. The van der Waals surface area contributed by atoms with E-state index >= 15 is 0 Å². The molecule has 0 radical (unpaired) electrons. The molecule has 0 aliphatic carbocycles. The van der Waals surface area contributed by atoms with E-state index in [2.05, 4.69) is 45.9 Å². The summed E-state index contributed by atoms with van der Waals surface area (Å²) in [5.74, 6) is 0. The summed E-state index contributed by atoms with van der Waals surface area (Å²) >= 11 is 0. The Labute approximate surface area is 72.0 Å². The minimum atomic E-state index is 1.14. The average Bonchev–Trinajstić information content (AvgIpc) is 2.02. The Kier molecular flexibility index (Phi) is 14.5. The highest BCUT2D eigenvalue weighted by Gasteiger charge is 1.79. The molecular weight excluding hydrogens is 132 g/mol. The van der Waals surface area contributed by atoms with Crippen molar-refractivity contribution in [1.29, 1.82) is 0 Å². The Balaban J connectivity index is 0. The monoisotopic (exact) mass is 154 g/mol. The topological polar surface area (TPSA) is 0 Å². The molecule has 0 unspecified atom stereocenters. The maximum Gasteiger partial charge on any atom is -0.0311 e. The molecule has 0 fully saturated rings. The van der Waals surface area contributed by atoms with Crippen molar-refractivity contribution in [1.82, 2.24) is 0 Å². The van der Waals surface area contributed by atoms with Crippen LogP contribution >= 0.6 is 0 Å². The molecule has 0 N–H and O–H groups in total. The lowest BCUT2D eigenvalue weighted by Gasteiger charge is -1.90. The van der Waals surface area contributed by atoms with Gasteiger partial charge in [-0.1, -0.05) is 51.0 Å². The maximum absolute atomic E-state index is 2.16. The first kappa shape index (κ1) is 13.1. The standard InChI is InChI=1S/C8H14.C3H8/c1-4-7-8(5-2)6-3;1-3-2/h4-5,7H,6H2,1-3H3;3H2,1-2H3/b7-4-,8-5-;. The molecule has 0 nitrogen and oxygen atoms in total. The number of allylic oxidation sites excluding steroid dienone is 4. The van der Waals surface area contributed by atoms with Gasteiger partial charge in [0.1, 0.15) is 0 Å². The van der Waals surface area contributed by atoms with Crippen molar-refractivity contribution in [2.24, 2.45) is 0 Å². The van der Waals surface area contributed by atoms with Gasteiger partial charge in [-0.2, -0.15) is 0 Å². The molecule has 0 aromatic rings. The lowest BCUT2D eigenvalue weighted by atomic mass is 10.2. The van der Waals surface area contributed by atoms with Crippen LogP contribution in [-0.4, -0.2) is 0 Å². The molecule has 0 amide bonds. The minimum Gasteiger partial charge on any atom is -0.0874 e. The van der Waals surface area contributed by atoms with Gasteiger partial charge < -0.3 is 0 Å². The van der Waals surface area contributed by atoms with Gasteiger partial charge in [0.2, 0.25) is 0 Å². The summed E-state index contributed by atoms with van der Waals surface area (Å²) in [6, 6.07) is 0. The van der Waals surface area contributed by atoms with Crippen molar-refractivity contribution < 1.29 is 0 Å². The van der Waals surface area contributed by atoms with Crippen molar-refractivity contribution >= 4 is 0 Å². The molecule has 0 aromatic heterocycles. The highest BCUT2D eigenvalue weighted by Crippen LogP contribution is 2.00. The SMILES string of the molecule is C/C=C\C(=C/C)CC.CCC. The van der Waals surface area contributed by atoms with E-state index in [1.165, 1.54) is 12.0 Å². The molecule has 11 heavy (non-hydrogen) atoms. The summed E-state index contributed by atoms with van der Waals surface area (Å²) in [5.41, 5.74) is 1.41. The van der Waals surface area contributed by atoms with E-state index in [4.69, 9.17) is 0 Å². The van der Waals surface area contributed by atoms with Gasteiger partial charge in [-0.25, -0.2) is 0 Å². The van der Waals surface area contributed by atoms with Crippen molar-refractivity contribution in [3.8, 4) is 0 Å². The van der Waals surface area contributed by atoms with Crippen molar-refractivity contribution in [3.05, 3.63) is 23.8 Å². The molecule has 0 spiro atoms. The zero-order valence-electron chi connectivity index (χ0n) is 8.65. The van der Waals surface area contributed by atoms with Crippen LogP contribution in [0.5, 0.6) is 0 Å². The van der Waals surface area contributed by atoms with Gasteiger partial charge in [0.15, 0.2) is 0 Å². The highest BCUT2D eigenvalue weighted by atomic mass is 13.9. The third kappa shape index (κ3) is 12.6. The maximum atomic E-state index is 2.16. The van der Waals surface area contributed by atoms with E-state index in [0.717, 1.165) is 6.42 Å². The van der Waals surface area contributed by atoms with Crippen LogP contribution in [0.3, 0.4) is 0 Å². The normalized spacial score (nSPS) is 11.2. The van der Waals surface area contributed by atoms with Crippen molar-refractivity contribution in [3.63, 3.8) is 0 Å². The van der Waals surface area contributed by atoms with E-state index in [9.17, 15) is 0 Å². The number of rotatable bonds is 2. The fourth-order valence-corrected chi connectivity index (χ4v) is 0.632. The van der Waals surface area contributed by atoms with E-state index < -0.39 is 0 Å². The van der Waals surface area contributed by atoms with Crippen LogP contribution in [0.15, 0.2) is 23.8 Å². The lowest BCUT2D eigenvalue weighted by Crippen LogP contribution is -1.69. The molecule has 0 bridgehead atoms. The first-order valence-corrected chi connectivity index (χ1v) is 4.54. The second kappa shape index (κ2) is 12.2. The molecule has 0 heteroatoms. The fraction of sp³-hybridized carbons (Fsp3) is 0.636. The highest BCUT2D eigenvalue weighted by molar-refractivity contribution is 5.16. The smallest absolute Gasteiger partial charge is 0.0311 e. The third-order valence-corrected chi connectivity index (χ3v) is 1.16. The van der Waals surface area contributed by atoms with Crippen LogP contribution < -0.4 is 0 Å². The first-order valence-electron chi connectivity index (χ1n) is 4.54. The van der Waals surface area contributed by atoms with Gasteiger partial charge in [-0.3, -0.25) is 0 Å². The molecule has 0 aliphatic rings. The largest absolute Gasteiger partial charge is 0.0874 e. The summed E-state index contributed by atoms with van der Waals surface area (Å²) in [4.78, 5) is 0. The van der Waals surface area contributed by atoms with Crippen LogP contribution in [0.4, 0.5) is 0 Å². The van der Waals surface area contributed by atoms with Gasteiger partial charge in [0, 0.05) is 0 Å². The second-order valence-corrected chi connectivity index (χ2v) is 2.42. The fourth-order valence-electron chi connectivity index (χ4n) is 0.632. The summed E-state index contributed by atoms with van der Waals surface area (Å²) in [6.45, 7) is 10.5. The van der Waals surface area contributed by atoms with Gasteiger partial charge in [0.05, 0.1) is 0 Å². The lowest BCUT2D eigenvalue weighted by molar-refractivity contribution is 1.09. The van der Waals surface area contributed by atoms with Crippen LogP contribution in [-0.2, 0) is 0 Å². The van der Waals surface area contributed by atoms with Crippen LogP contribution in [0.2, 0.25) is 0 Å². The summed E-state index contributed by atoms with van der Waals surface area (Å²) < 4.78 is 0. The molecule has 66 valence electrons. The molecule has 0 saturated carbocycles. The minimum absolute atomic E-state index is 1.14. The zero-order valence-corrected chi connectivity index (χ0v) is 8.65. The van der Waals surface area contributed by atoms with Crippen LogP contribution in [0, 0.1) is 0 Å². The molecule has 0 aromatic carbocycles. The molecule has 0 rings (SSSR count). The Morgan fingerprint density at radius 2 is 1.55 bits per heavy atom. The van der Waals surface area contributed by atoms with Gasteiger partial charge in [-0.15, -0.1) is 0 Å². The Morgan fingerprint density at radius 3 is 1.64 bits per heavy atom. The van der Waals surface area contributed by atoms with E-state index in [1.807, 2.05) is 6.92 Å². The number of hydrogen-bond acceptors (Lipinski definition) is 0. The predicted octanol–water partition coefficient (Wildman–Crippen LogP) is 4.34. The summed E-state index contributed by atoms with van der Waals surface area (Å²) in [5, 5.41) is 0. The van der Waals surface area contributed by atoms with Crippen molar-refractivity contribution in [2.45, 2.75) is 47.5 Å². The second-order valence-electron chi connectivity index (χ2n) is 2.42. The Hall–Kier alpha value is -0.520. The Morgan fingerprint density at radius 1 is 1.09 bits per heavy atom. The molecule has 0 heterocycles. The van der Waals surface area contributed by atoms with Gasteiger partial charge >= 0.3 is 0 Å². The quantitative estimate of drug-likeness (QED) is 0.519. The van der Waals surface area contributed by atoms with Gasteiger partial charge in [-0.05, 0) is 20.3 Å². The first-order chi connectivity index (χ1) is 5.26. The van der Waals surface area contributed by atoms with Gasteiger partial charge in [0.25, 0.3) is 0 Å². The van der Waals surface area contributed by atoms with Crippen LogP contribution in [0.25, 0.3) is 0 Å². The van der Waals surface area contributed by atoms with E-state index in [1.54, 1.807) is 0 Å². The van der Waals surface area contributed by atoms with Crippen molar-refractivity contribution in [2.75, 3.05) is 0 Å². The number of hydrogen-bond donors (Lipinski definition) is 0. The Bertz CT molecular complexity index is 104.